The average Bonchev–Trinajstić information content (AvgIpc) is 3.14. The van der Waals surface area contributed by atoms with Gasteiger partial charge in [0.25, 0.3) is 0 Å². The summed E-state index contributed by atoms with van der Waals surface area (Å²) in [6, 6.07) is 9.18. The van der Waals surface area contributed by atoms with Crippen LogP contribution < -0.4 is 19.1 Å². The molecule has 0 saturated heterocycles. The number of carbonyl (C=O) groups is 1. The molecular weight excluding hydrogens is 455 g/mol. The molecule has 0 radical (unpaired) electrons. The molecule has 1 N–H and O–H groups in total. The van der Waals surface area contributed by atoms with Gasteiger partial charge in [-0.3, -0.25) is 9.10 Å². The van der Waals surface area contributed by atoms with Crippen LogP contribution in [0.1, 0.15) is 5.56 Å². The molecule has 7 nitrogen and oxygen atoms in total. The molecule has 0 spiro atoms. The Morgan fingerprint density at radius 2 is 2.03 bits per heavy atom. The Balaban J connectivity index is 1.52. The Labute approximate surface area is 183 Å². The van der Waals surface area contributed by atoms with E-state index in [0.717, 1.165) is 10.6 Å². The molecular formula is C19H20ClFN2O5S2. The highest BCUT2D eigenvalue weighted by atomic mass is 35.5. The normalized spacial score (nSPS) is 12.6. The first-order valence-electron chi connectivity index (χ1n) is 8.90. The fourth-order valence-electron chi connectivity index (χ4n) is 2.73. The maximum Gasteiger partial charge on any atom is 0.240 e. The first-order chi connectivity index (χ1) is 14.3. The highest BCUT2D eigenvalue weighted by molar-refractivity contribution is 7.98. The third-order valence-electron chi connectivity index (χ3n) is 4.21. The number of ether oxygens (including phenoxy) is 2. The molecule has 0 saturated carbocycles. The van der Waals surface area contributed by atoms with Gasteiger partial charge < -0.3 is 14.8 Å². The maximum atomic E-state index is 13.7. The van der Waals surface area contributed by atoms with E-state index in [9.17, 15) is 17.6 Å². The van der Waals surface area contributed by atoms with Gasteiger partial charge in [0.1, 0.15) is 12.4 Å². The molecule has 0 unspecified atom stereocenters. The lowest BCUT2D eigenvalue weighted by molar-refractivity contribution is -0.119. The number of nitrogens with zero attached hydrogens (tertiary/aromatic N) is 1. The van der Waals surface area contributed by atoms with Gasteiger partial charge in [-0.1, -0.05) is 17.7 Å². The number of carbonyl (C=O) groups excluding carboxylic acids is 1. The number of thioether (sulfide) groups is 1. The quantitative estimate of drug-likeness (QED) is 0.562. The molecule has 1 heterocycles. The molecule has 3 rings (SSSR count). The van der Waals surface area contributed by atoms with Crippen molar-refractivity contribution >= 4 is 45.0 Å². The van der Waals surface area contributed by atoms with E-state index in [2.05, 4.69) is 5.32 Å². The Morgan fingerprint density at radius 3 is 2.77 bits per heavy atom. The number of amides is 1. The van der Waals surface area contributed by atoms with Crippen LogP contribution in [-0.2, 0) is 20.6 Å². The van der Waals surface area contributed by atoms with E-state index >= 15 is 0 Å². The van der Waals surface area contributed by atoms with Crippen LogP contribution in [0.4, 0.5) is 10.1 Å². The molecule has 0 aliphatic carbocycles. The molecule has 0 atom stereocenters. The minimum atomic E-state index is -3.70. The monoisotopic (exact) mass is 474 g/mol. The summed E-state index contributed by atoms with van der Waals surface area (Å²) in [4.78, 5) is 12.3. The molecule has 2 aromatic rings. The van der Waals surface area contributed by atoms with Crippen molar-refractivity contribution in [1.29, 1.82) is 0 Å². The van der Waals surface area contributed by atoms with Crippen LogP contribution in [0.5, 0.6) is 11.5 Å². The van der Waals surface area contributed by atoms with E-state index in [1.54, 1.807) is 24.3 Å². The molecule has 2 aromatic carbocycles. The minimum absolute atomic E-state index is 0.0634. The molecule has 11 heteroatoms. The van der Waals surface area contributed by atoms with E-state index in [1.165, 1.54) is 23.9 Å². The standard InChI is InChI=1S/C19H20ClFN2O5S2/c1-30(25,26)23(13-5-6-17-18(9-13)28-12-27-17)10-19(24)22-7-8-29-11-14-15(20)3-2-4-16(14)21/h2-6,9H,7-8,10-12H2,1H3,(H,22,24). The fraction of sp³-hybridized carbons (Fsp3) is 0.316. The van der Waals surface area contributed by atoms with Crippen LogP contribution in [0.2, 0.25) is 5.02 Å². The van der Waals surface area contributed by atoms with Crippen molar-refractivity contribution in [3.05, 3.63) is 52.8 Å². The van der Waals surface area contributed by atoms with Gasteiger partial charge in [-0.15, -0.1) is 0 Å². The first-order valence-corrected chi connectivity index (χ1v) is 12.3. The van der Waals surface area contributed by atoms with Gasteiger partial charge in [-0.05, 0) is 24.3 Å². The predicted octanol–water partition coefficient (Wildman–Crippen LogP) is 3.02. The van der Waals surface area contributed by atoms with Crippen molar-refractivity contribution in [2.75, 3.05) is 36.2 Å². The number of halogens is 2. The molecule has 1 amide bonds. The number of benzene rings is 2. The maximum absolute atomic E-state index is 13.7. The van der Waals surface area contributed by atoms with Gasteiger partial charge in [-0.2, -0.15) is 11.8 Å². The largest absolute Gasteiger partial charge is 0.454 e. The highest BCUT2D eigenvalue weighted by Crippen LogP contribution is 2.36. The van der Waals surface area contributed by atoms with Crippen molar-refractivity contribution in [1.82, 2.24) is 5.32 Å². The lowest BCUT2D eigenvalue weighted by Gasteiger charge is -2.22. The van der Waals surface area contributed by atoms with Crippen molar-refractivity contribution < 1.29 is 27.1 Å². The first kappa shape index (κ1) is 22.5. The summed E-state index contributed by atoms with van der Waals surface area (Å²) >= 11 is 7.39. The third kappa shape index (κ3) is 5.71. The number of anilines is 1. The Hall–Kier alpha value is -2.17. The second-order valence-electron chi connectivity index (χ2n) is 6.41. The van der Waals surface area contributed by atoms with Crippen LogP contribution in [0.15, 0.2) is 36.4 Å². The Bertz CT molecular complexity index is 1020. The van der Waals surface area contributed by atoms with Gasteiger partial charge in [0.15, 0.2) is 11.5 Å². The van der Waals surface area contributed by atoms with Gasteiger partial charge in [0.2, 0.25) is 22.7 Å². The highest BCUT2D eigenvalue weighted by Gasteiger charge is 2.23. The number of sulfonamides is 1. The van der Waals surface area contributed by atoms with Crippen LogP contribution in [0.25, 0.3) is 0 Å². The average molecular weight is 475 g/mol. The summed E-state index contributed by atoms with van der Waals surface area (Å²) in [7, 11) is -3.70. The van der Waals surface area contributed by atoms with E-state index in [-0.39, 0.29) is 19.2 Å². The number of hydrogen-bond acceptors (Lipinski definition) is 6. The number of nitrogens with one attached hydrogen (secondary N) is 1. The summed E-state index contributed by atoms with van der Waals surface area (Å²) in [5.74, 6) is 0.996. The predicted molar refractivity (Wildman–Crippen MR) is 115 cm³/mol. The van der Waals surface area contributed by atoms with Crippen molar-refractivity contribution in [3.8, 4) is 11.5 Å². The Morgan fingerprint density at radius 1 is 1.27 bits per heavy atom. The zero-order valence-electron chi connectivity index (χ0n) is 16.1. The van der Waals surface area contributed by atoms with Crippen LogP contribution in [0.3, 0.4) is 0 Å². The van der Waals surface area contributed by atoms with Crippen LogP contribution >= 0.6 is 23.4 Å². The molecule has 162 valence electrons. The third-order valence-corrected chi connectivity index (χ3v) is 6.69. The summed E-state index contributed by atoms with van der Waals surface area (Å²) in [6.45, 7) is -0.00942. The summed E-state index contributed by atoms with van der Waals surface area (Å²) in [6.07, 6.45) is 1.03. The summed E-state index contributed by atoms with van der Waals surface area (Å²) < 4.78 is 49.6. The molecule has 0 aromatic heterocycles. The lowest BCUT2D eigenvalue weighted by Crippen LogP contribution is -2.41. The van der Waals surface area contributed by atoms with Crippen LogP contribution in [-0.4, -0.2) is 46.2 Å². The molecule has 30 heavy (non-hydrogen) atoms. The van der Waals surface area contributed by atoms with Crippen molar-refractivity contribution in [2.24, 2.45) is 0 Å². The van der Waals surface area contributed by atoms with Crippen LogP contribution in [0, 0.1) is 5.82 Å². The second kappa shape index (κ2) is 9.76. The van der Waals surface area contributed by atoms with Gasteiger partial charge in [0, 0.05) is 34.7 Å². The minimum Gasteiger partial charge on any atom is -0.454 e. The fourth-order valence-corrected chi connectivity index (χ4v) is 4.78. The SMILES string of the molecule is CS(=O)(=O)N(CC(=O)NCCSCc1c(F)cccc1Cl)c1ccc2c(c1)OCO2. The van der Waals surface area contributed by atoms with Crippen molar-refractivity contribution in [3.63, 3.8) is 0 Å². The Kier molecular flexibility index (Phi) is 7.32. The number of fused-ring (bicyclic) bond motifs is 1. The zero-order chi connectivity index (χ0) is 21.7. The van der Waals surface area contributed by atoms with Gasteiger partial charge in [-0.25, -0.2) is 12.8 Å². The topological polar surface area (TPSA) is 84.9 Å². The van der Waals surface area contributed by atoms with E-state index in [0.29, 0.717) is 45.8 Å². The second-order valence-corrected chi connectivity index (χ2v) is 9.83. The van der Waals surface area contributed by atoms with Gasteiger partial charge in [0.05, 0.1) is 11.9 Å². The zero-order valence-corrected chi connectivity index (χ0v) is 18.4. The summed E-state index contributed by atoms with van der Waals surface area (Å²) in [5.41, 5.74) is 0.724. The molecule has 0 bridgehead atoms. The molecule has 1 aliphatic rings. The number of rotatable bonds is 9. The molecule has 1 aliphatic heterocycles. The molecule has 0 fully saturated rings. The van der Waals surface area contributed by atoms with E-state index in [4.69, 9.17) is 21.1 Å². The lowest BCUT2D eigenvalue weighted by atomic mass is 10.2. The van der Waals surface area contributed by atoms with E-state index < -0.39 is 15.9 Å². The number of hydrogen-bond donors (Lipinski definition) is 1. The smallest absolute Gasteiger partial charge is 0.240 e. The van der Waals surface area contributed by atoms with E-state index in [1.807, 2.05) is 0 Å². The summed E-state index contributed by atoms with van der Waals surface area (Å²) in [5, 5.41) is 3.03. The van der Waals surface area contributed by atoms with Crippen molar-refractivity contribution in [2.45, 2.75) is 5.75 Å². The van der Waals surface area contributed by atoms with Gasteiger partial charge >= 0.3 is 0 Å².